The minimum absolute atomic E-state index is 0.0735. The van der Waals surface area contributed by atoms with Crippen LogP contribution in [0.5, 0.6) is 5.75 Å². The summed E-state index contributed by atoms with van der Waals surface area (Å²) in [7, 11) is 0. The zero-order valence-electron chi connectivity index (χ0n) is 21.1. The van der Waals surface area contributed by atoms with Crippen LogP contribution in [-0.2, 0) is 4.79 Å². The lowest BCUT2D eigenvalue weighted by Crippen LogP contribution is -2.20. The van der Waals surface area contributed by atoms with Gasteiger partial charge in [-0.2, -0.15) is 9.61 Å². The van der Waals surface area contributed by atoms with Gasteiger partial charge in [0.2, 0.25) is 5.82 Å². The number of rotatable bonds is 8. The predicted octanol–water partition coefficient (Wildman–Crippen LogP) is 5.10. The molecule has 1 N–H and O–H groups in total. The lowest BCUT2D eigenvalue weighted by Gasteiger charge is -2.10. The molecule has 6 aromatic rings. The van der Waals surface area contributed by atoms with Crippen LogP contribution in [0.15, 0.2) is 115 Å². The Kier molecular flexibility index (Phi) is 6.75. The van der Waals surface area contributed by atoms with Gasteiger partial charge in [0.15, 0.2) is 18.0 Å². The van der Waals surface area contributed by atoms with Crippen LogP contribution in [0.3, 0.4) is 0 Å². The van der Waals surface area contributed by atoms with E-state index < -0.39 is 0 Å². The lowest BCUT2D eigenvalue weighted by atomic mass is 10.0. The topological polar surface area (TPSA) is 111 Å². The lowest BCUT2D eigenvalue weighted by molar-refractivity contribution is -0.118. The Bertz CT molecular complexity index is 1800. The van der Waals surface area contributed by atoms with Crippen molar-refractivity contribution in [2.75, 3.05) is 11.9 Å². The maximum atomic E-state index is 12.6. The summed E-state index contributed by atoms with van der Waals surface area (Å²) in [6.07, 6.45) is 1.69. The largest absolute Gasteiger partial charge is 0.484 e. The Morgan fingerprint density at radius 1 is 0.750 bits per heavy atom. The van der Waals surface area contributed by atoms with Crippen LogP contribution in [-0.4, -0.2) is 43.1 Å². The molecular formula is C31H22N6O3. The van der Waals surface area contributed by atoms with Gasteiger partial charge in [0.1, 0.15) is 11.4 Å². The maximum absolute atomic E-state index is 12.6. The van der Waals surface area contributed by atoms with E-state index in [1.165, 1.54) is 0 Å². The summed E-state index contributed by atoms with van der Waals surface area (Å²) in [4.78, 5) is 29.5. The van der Waals surface area contributed by atoms with E-state index in [-0.39, 0.29) is 18.3 Å². The third kappa shape index (κ3) is 5.30. The number of anilines is 1. The van der Waals surface area contributed by atoms with Crippen molar-refractivity contribution in [1.29, 1.82) is 0 Å². The van der Waals surface area contributed by atoms with Gasteiger partial charge in [0.05, 0.1) is 5.69 Å². The van der Waals surface area contributed by atoms with Crippen LogP contribution < -0.4 is 10.1 Å². The predicted molar refractivity (Wildman–Crippen MR) is 150 cm³/mol. The molecule has 0 atom stereocenters. The van der Waals surface area contributed by atoms with E-state index in [1.807, 2.05) is 66.7 Å². The SMILES string of the molecule is O=C(COc1ccc(C(=O)c2ccccc2)cc1)Nc1cccc(-c2ccc3nnc(-c4ccccn4)n3n2)c1. The fourth-order valence-corrected chi connectivity index (χ4v) is 4.16. The summed E-state index contributed by atoms with van der Waals surface area (Å²) in [5.41, 5.74) is 4.52. The summed E-state index contributed by atoms with van der Waals surface area (Å²) in [5, 5.41) is 16.0. The van der Waals surface area contributed by atoms with Crippen LogP contribution in [0, 0.1) is 0 Å². The number of hydrogen-bond donors (Lipinski definition) is 1. The van der Waals surface area contributed by atoms with E-state index in [2.05, 4.69) is 20.5 Å². The van der Waals surface area contributed by atoms with E-state index >= 15 is 0 Å². The summed E-state index contributed by atoms with van der Waals surface area (Å²) in [6.45, 7) is -0.186. The minimum Gasteiger partial charge on any atom is -0.484 e. The van der Waals surface area contributed by atoms with Crippen molar-refractivity contribution in [2.24, 2.45) is 0 Å². The molecular weight excluding hydrogens is 504 g/mol. The highest BCUT2D eigenvalue weighted by atomic mass is 16.5. The van der Waals surface area contributed by atoms with Crippen molar-refractivity contribution >= 4 is 23.0 Å². The zero-order valence-corrected chi connectivity index (χ0v) is 21.1. The zero-order chi connectivity index (χ0) is 27.3. The normalized spacial score (nSPS) is 10.8. The van der Waals surface area contributed by atoms with Crippen molar-refractivity contribution in [3.8, 4) is 28.5 Å². The van der Waals surface area contributed by atoms with Gasteiger partial charge in [-0.1, -0.05) is 48.5 Å². The fourth-order valence-electron chi connectivity index (χ4n) is 4.16. The number of pyridine rings is 1. The molecule has 1 amide bonds. The molecule has 194 valence electrons. The van der Waals surface area contributed by atoms with Crippen LogP contribution in [0.2, 0.25) is 0 Å². The number of carbonyl (C=O) groups excluding carboxylic acids is 2. The number of nitrogens with one attached hydrogen (secondary N) is 1. The monoisotopic (exact) mass is 526 g/mol. The van der Waals surface area contributed by atoms with Gasteiger partial charge >= 0.3 is 0 Å². The van der Waals surface area contributed by atoms with Crippen LogP contribution in [0.4, 0.5) is 5.69 Å². The molecule has 0 saturated heterocycles. The van der Waals surface area contributed by atoms with Crippen molar-refractivity contribution < 1.29 is 14.3 Å². The average Bonchev–Trinajstić information content (AvgIpc) is 3.44. The van der Waals surface area contributed by atoms with Gasteiger partial charge in [-0.3, -0.25) is 14.6 Å². The van der Waals surface area contributed by atoms with Crippen LogP contribution in [0.25, 0.3) is 28.4 Å². The second kappa shape index (κ2) is 11.0. The molecule has 0 fully saturated rings. The first-order valence-corrected chi connectivity index (χ1v) is 12.5. The van der Waals surface area contributed by atoms with Gasteiger partial charge in [-0.25, -0.2) is 0 Å². The standard InChI is InChI=1S/C31H22N6O3/c38-29(20-40-25-14-12-22(13-15-25)30(39)21-7-2-1-3-8-21)33-24-10-6-9-23(19-24)26-16-17-28-34-35-31(37(28)36-26)27-11-4-5-18-32-27/h1-19H,20H2,(H,33,38). The molecule has 0 spiro atoms. The highest BCUT2D eigenvalue weighted by molar-refractivity contribution is 6.09. The van der Waals surface area contributed by atoms with E-state index in [9.17, 15) is 9.59 Å². The van der Waals surface area contributed by atoms with Crippen LogP contribution in [0.1, 0.15) is 15.9 Å². The first-order valence-electron chi connectivity index (χ1n) is 12.5. The van der Waals surface area contributed by atoms with Gasteiger partial charge in [0, 0.05) is 28.6 Å². The molecule has 40 heavy (non-hydrogen) atoms. The number of amides is 1. The van der Waals surface area contributed by atoms with Crippen LogP contribution >= 0.6 is 0 Å². The number of nitrogens with zero attached hydrogens (tertiary/aromatic N) is 5. The van der Waals surface area contributed by atoms with E-state index in [0.29, 0.717) is 45.4 Å². The minimum atomic E-state index is -0.318. The molecule has 0 aliphatic carbocycles. The molecule has 3 heterocycles. The second-order valence-electron chi connectivity index (χ2n) is 8.86. The highest BCUT2D eigenvalue weighted by Crippen LogP contribution is 2.23. The number of ether oxygens (including phenoxy) is 1. The van der Waals surface area contributed by atoms with E-state index in [1.54, 1.807) is 53.2 Å². The van der Waals surface area contributed by atoms with Gasteiger partial charge < -0.3 is 10.1 Å². The number of hydrogen-bond acceptors (Lipinski definition) is 7. The molecule has 9 nitrogen and oxygen atoms in total. The second-order valence-corrected chi connectivity index (χ2v) is 8.86. The number of benzene rings is 3. The first kappa shape index (κ1) is 24.6. The summed E-state index contributed by atoms with van der Waals surface area (Å²) in [6, 6.07) is 32.4. The molecule has 0 aliphatic rings. The average molecular weight is 527 g/mol. The van der Waals surface area contributed by atoms with Crippen molar-refractivity contribution in [1.82, 2.24) is 24.8 Å². The number of carbonyl (C=O) groups is 2. The Balaban J connectivity index is 1.11. The third-order valence-corrected chi connectivity index (χ3v) is 6.12. The molecule has 3 aromatic carbocycles. The number of aromatic nitrogens is 5. The molecule has 0 saturated carbocycles. The van der Waals surface area contributed by atoms with Gasteiger partial charge in [-0.15, -0.1) is 10.2 Å². The first-order chi connectivity index (χ1) is 19.6. The van der Waals surface area contributed by atoms with Gasteiger partial charge in [0.25, 0.3) is 5.91 Å². The van der Waals surface area contributed by atoms with Crippen molar-refractivity contribution in [2.45, 2.75) is 0 Å². The summed E-state index contributed by atoms with van der Waals surface area (Å²) >= 11 is 0. The van der Waals surface area contributed by atoms with Crippen molar-refractivity contribution in [3.63, 3.8) is 0 Å². The molecule has 0 aliphatic heterocycles. The molecule has 9 heteroatoms. The molecule has 0 radical (unpaired) electrons. The number of ketones is 1. The molecule has 3 aromatic heterocycles. The van der Waals surface area contributed by atoms with Gasteiger partial charge in [-0.05, 0) is 60.7 Å². The van der Waals surface area contributed by atoms with E-state index in [0.717, 1.165) is 5.56 Å². The Morgan fingerprint density at radius 3 is 2.35 bits per heavy atom. The van der Waals surface area contributed by atoms with Crippen molar-refractivity contribution in [3.05, 3.63) is 127 Å². The molecule has 6 rings (SSSR count). The fraction of sp³-hybridized carbons (Fsp3) is 0.0323. The number of fused-ring (bicyclic) bond motifs is 1. The smallest absolute Gasteiger partial charge is 0.262 e. The summed E-state index contributed by atoms with van der Waals surface area (Å²) in [5.74, 6) is 0.636. The quantitative estimate of drug-likeness (QED) is 0.275. The summed E-state index contributed by atoms with van der Waals surface area (Å²) < 4.78 is 7.28. The molecule has 0 bridgehead atoms. The van der Waals surface area contributed by atoms with E-state index in [4.69, 9.17) is 9.84 Å². The Hall–Kier alpha value is -5.70. The Morgan fingerprint density at radius 2 is 1.55 bits per heavy atom. The Labute approximate surface area is 229 Å². The highest BCUT2D eigenvalue weighted by Gasteiger charge is 2.13. The molecule has 0 unspecified atom stereocenters. The third-order valence-electron chi connectivity index (χ3n) is 6.12. The maximum Gasteiger partial charge on any atom is 0.262 e.